The molecule has 1 aliphatic rings. The average molecular weight is 251 g/mol. The number of carbonyl (C=O) groups excluding carboxylic acids is 2. The molecule has 1 aromatic carbocycles. The van der Waals surface area contributed by atoms with Crippen molar-refractivity contribution in [3.8, 4) is 0 Å². The van der Waals surface area contributed by atoms with Gasteiger partial charge in [0, 0.05) is 16.7 Å². The minimum absolute atomic E-state index is 0.185. The van der Waals surface area contributed by atoms with Crippen LogP contribution in [0.2, 0.25) is 5.02 Å². The molecule has 1 saturated heterocycles. The van der Waals surface area contributed by atoms with Gasteiger partial charge in [-0.25, -0.2) is 0 Å². The molecule has 1 aromatic rings. The molecule has 1 heterocycles. The lowest BCUT2D eigenvalue weighted by Crippen LogP contribution is -2.19. The Morgan fingerprint density at radius 1 is 1.35 bits per heavy atom. The molecule has 0 aliphatic carbocycles. The van der Waals surface area contributed by atoms with Crippen molar-refractivity contribution in [1.29, 1.82) is 5.41 Å². The zero-order valence-corrected chi connectivity index (χ0v) is 9.25. The summed E-state index contributed by atoms with van der Waals surface area (Å²) in [5, 5.41) is 9.70. The van der Waals surface area contributed by atoms with E-state index in [1.807, 2.05) is 0 Å². The number of hydrogen-bond donors (Lipinski definition) is 2. The van der Waals surface area contributed by atoms with Crippen molar-refractivity contribution in [2.45, 2.75) is 0 Å². The van der Waals surface area contributed by atoms with Gasteiger partial charge in [0.05, 0.1) is 0 Å². The summed E-state index contributed by atoms with van der Waals surface area (Å²) in [5.74, 6) is -1.17. The standard InChI is InChI=1S/C11H7ClN2O3/c12-7-3-1-6(2-4-7)8(15)5-9-10(16)14-11(13)17-9/h1-5H,(H2,13,14,16)/b9-5+. The molecule has 6 heteroatoms. The summed E-state index contributed by atoms with van der Waals surface area (Å²) in [6.45, 7) is 0. The zero-order valence-electron chi connectivity index (χ0n) is 8.49. The maximum atomic E-state index is 11.7. The predicted molar refractivity (Wildman–Crippen MR) is 60.8 cm³/mol. The van der Waals surface area contributed by atoms with E-state index in [9.17, 15) is 9.59 Å². The maximum absolute atomic E-state index is 11.7. The molecule has 0 atom stereocenters. The third kappa shape index (κ3) is 2.51. The average Bonchev–Trinajstić information content (AvgIpc) is 2.58. The lowest BCUT2D eigenvalue weighted by Gasteiger charge is -1.96. The van der Waals surface area contributed by atoms with E-state index < -0.39 is 5.91 Å². The molecule has 0 spiro atoms. The third-order valence-electron chi connectivity index (χ3n) is 2.05. The Morgan fingerprint density at radius 2 is 2.00 bits per heavy atom. The van der Waals surface area contributed by atoms with Crippen LogP contribution in [-0.4, -0.2) is 17.7 Å². The molecule has 0 radical (unpaired) electrons. The summed E-state index contributed by atoms with van der Waals surface area (Å²) in [4.78, 5) is 22.9. The molecule has 2 rings (SSSR count). The molecule has 1 fully saturated rings. The van der Waals surface area contributed by atoms with Gasteiger partial charge < -0.3 is 4.74 Å². The van der Waals surface area contributed by atoms with Crippen LogP contribution < -0.4 is 5.32 Å². The smallest absolute Gasteiger partial charge is 0.295 e. The quantitative estimate of drug-likeness (QED) is 0.616. The largest absolute Gasteiger partial charge is 0.420 e. The third-order valence-corrected chi connectivity index (χ3v) is 2.31. The van der Waals surface area contributed by atoms with Crippen molar-refractivity contribution in [3.63, 3.8) is 0 Å². The zero-order chi connectivity index (χ0) is 12.4. The molecule has 17 heavy (non-hydrogen) atoms. The summed E-state index contributed by atoms with van der Waals surface area (Å²) < 4.78 is 4.73. The number of rotatable bonds is 2. The second-order valence-corrected chi connectivity index (χ2v) is 3.70. The van der Waals surface area contributed by atoms with E-state index in [-0.39, 0.29) is 17.6 Å². The van der Waals surface area contributed by atoms with Crippen LogP contribution in [0.25, 0.3) is 0 Å². The Kier molecular flexibility index (Phi) is 2.93. The molecule has 0 aromatic heterocycles. The minimum Gasteiger partial charge on any atom is -0.420 e. The minimum atomic E-state index is -0.600. The van der Waals surface area contributed by atoms with Crippen molar-refractivity contribution in [2.24, 2.45) is 0 Å². The van der Waals surface area contributed by atoms with Crippen molar-refractivity contribution in [1.82, 2.24) is 5.32 Å². The van der Waals surface area contributed by atoms with Gasteiger partial charge in [-0.15, -0.1) is 0 Å². The van der Waals surface area contributed by atoms with Gasteiger partial charge in [-0.2, -0.15) is 0 Å². The number of halogens is 1. The van der Waals surface area contributed by atoms with Gasteiger partial charge in [0.2, 0.25) is 0 Å². The van der Waals surface area contributed by atoms with Crippen LogP contribution in [0.4, 0.5) is 0 Å². The van der Waals surface area contributed by atoms with E-state index in [0.717, 1.165) is 6.08 Å². The fraction of sp³-hybridized carbons (Fsp3) is 0. The highest BCUT2D eigenvalue weighted by Crippen LogP contribution is 2.12. The van der Waals surface area contributed by atoms with Gasteiger partial charge in [0.1, 0.15) is 0 Å². The molecule has 0 saturated carbocycles. The van der Waals surface area contributed by atoms with Crippen LogP contribution in [0.1, 0.15) is 10.4 Å². The van der Waals surface area contributed by atoms with Crippen LogP contribution in [0.5, 0.6) is 0 Å². The van der Waals surface area contributed by atoms with Crippen molar-refractivity contribution < 1.29 is 14.3 Å². The molecular formula is C11H7ClN2O3. The van der Waals surface area contributed by atoms with Crippen LogP contribution in [0.15, 0.2) is 36.1 Å². The second-order valence-electron chi connectivity index (χ2n) is 3.27. The van der Waals surface area contributed by atoms with Gasteiger partial charge in [0.15, 0.2) is 11.5 Å². The number of hydrogen-bond acceptors (Lipinski definition) is 4. The van der Waals surface area contributed by atoms with E-state index >= 15 is 0 Å². The van der Waals surface area contributed by atoms with Gasteiger partial charge in [-0.1, -0.05) is 11.6 Å². The highest BCUT2D eigenvalue weighted by atomic mass is 35.5. The molecule has 2 N–H and O–H groups in total. The Balaban J connectivity index is 2.22. The molecular weight excluding hydrogens is 244 g/mol. The SMILES string of the molecule is N=C1NC(=O)/C(=C\C(=O)c2ccc(Cl)cc2)O1. The number of ether oxygens (including phenoxy) is 1. The fourth-order valence-electron chi connectivity index (χ4n) is 1.26. The first kappa shape index (κ1) is 11.3. The summed E-state index contributed by atoms with van der Waals surface area (Å²) in [5.41, 5.74) is 0.386. The van der Waals surface area contributed by atoms with Crippen LogP contribution in [-0.2, 0) is 9.53 Å². The fourth-order valence-corrected chi connectivity index (χ4v) is 1.38. The van der Waals surface area contributed by atoms with Gasteiger partial charge >= 0.3 is 0 Å². The van der Waals surface area contributed by atoms with Crippen LogP contribution >= 0.6 is 11.6 Å². The molecule has 0 unspecified atom stereocenters. The number of amidine groups is 1. The first-order chi connectivity index (χ1) is 8.06. The molecule has 0 bridgehead atoms. The van der Waals surface area contributed by atoms with Crippen molar-refractivity contribution in [3.05, 3.63) is 46.7 Å². The van der Waals surface area contributed by atoms with E-state index in [1.54, 1.807) is 24.3 Å². The van der Waals surface area contributed by atoms with Crippen molar-refractivity contribution in [2.75, 3.05) is 0 Å². The summed E-state index contributed by atoms with van der Waals surface area (Å²) in [6.07, 6.45) is 1.04. The lowest BCUT2D eigenvalue weighted by atomic mass is 10.1. The highest BCUT2D eigenvalue weighted by Gasteiger charge is 2.24. The Morgan fingerprint density at radius 3 is 2.53 bits per heavy atom. The topological polar surface area (TPSA) is 79.3 Å². The van der Waals surface area contributed by atoms with Gasteiger partial charge in [0.25, 0.3) is 11.9 Å². The lowest BCUT2D eigenvalue weighted by molar-refractivity contribution is -0.116. The van der Waals surface area contributed by atoms with Gasteiger partial charge in [-0.05, 0) is 24.3 Å². The number of carbonyl (C=O) groups is 2. The number of benzene rings is 1. The Hall–Kier alpha value is -2.14. The summed E-state index contributed by atoms with van der Waals surface area (Å²) in [6, 6.07) is 5.85. The highest BCUT2D eigenvalue weighted by molar-refractivity contribution is 6.30. The van der Waals surface area contributed by atoms with Crippen LogP contribution in [0, 0.1) is 5.41 Å². The Labute approximate surface area is 102 Å². The normalized spacial score (nSPS) is 16.9. The van der Waals surface area contributed by atoms with Gasteiger partial charge in [-0.3, -0.25) is 20.3 Å². The first-order valence-electron chi connectivity index (χ1n) is 4.65. The second kappa shape index (κ2) is 4.39. The van der Waals surface area contributed by atoms with E-state index in [2.05, 4.69) is 5.32 Å². The predicted octanol–water partition coefficient (Wildman–Crippen LogP) is 1.49. The molecule has 1 amide bonds. The number of amides is 1. The van der Waals surface area contributed by atoms with Crippen molar-refractivity contribution >= 4 is 29.3 Å². The van der Waals surface area contributed by atoms with E-state index in [0.29, 0.717) is 10.6 Å². The number of ketones is 1. The number of allylic oxidation sites excluding steroid dienone is 1. The Bertz CT molecular complexity index is 534. The molecule has 1 aliphatic heterocycles. The summed E-state index contributed by atoms with van der Waals surface area (Å²) >= 11 is 5.69. The first-order valence-corrected chi connectivity index (χ1v) is 5.03. The van der Waals surface area contributed by atoms with Crippen LogP contribution in [0.3, 0.4) is 0 Å². The van der Waals surface area contributed by atoms with E-state index in [1.165, 1.54) is 0 Å². The maximum Gasteiger partial charge on any atom is 0.295 e. The number of nitrogens with one attached hydrogen (secondary N) is 2. The summed E-state index contributed by atoms with van der Waals surface area (Å²) in [7, 11) is 0. The van der Waals surface area contributed by atoms with E-state index in [4.69, 9.17) is 21.7 Å². The monoisotopic (exact) mass is 250 g/mol. The molecule has 5 nitrogen and oxygen atoms in total. The molecule has 86 valence electrons.